The normalized spacial score (nSPS) is 10.9. The van der Waals surface area contributed by atoms with Gasteiger partial charge in [-0.2, -0.15) is 0 Å². The Labute approximate surface area is 181 Å². The number of aryl methyl sites for hydroxylation is 1. The number of benzene rings is 3. The zero-order valence-electron chi connectivity index (χ0n) is 17.6. The number of aromatic nitrogens is 1. The number of aromatic amines is 1. The summed E-state index contributed by atoms with van der Waals surface area (Å²) in [5.74, 6) is 0.421. The van der Waals surface area contributed by atoms with Crippen LogP contribution in [0.15, 0.2) is 66.7 Å². The van der Waals surface area contributed by atoms with Gasteiger partial charge in [-0.05, 0) is 55.3 Å². The van der Waals surface area contributed by atoms with Gasteiger partial charge in [-0.25, -0.2) is 0 Å². The molecule has 3 aromatic carbocycles. The van der Waals surface area contributed by atoms with E-state index < -0.39 is 5.97 Å². The smallest absolute Gasteiger partial charge is 0.307 e. The molecule has 0 spiro atoms. The van der Waals surface area contributed by atoms with E-state index in [1.54, 1.807) is 0 Å². The van der Waals surface area contributed by atoms with Gasteiger partial charge in [0.1, 0.15) is 6.61 Å². The van der Waals surface area contributed by atoms with Crippen LogP contribution in [-0.2, 0) is 17.8 Å². The van der Waals surface area contributed by atoms with Crippen LogP contribution in [0.4, 0.5) is 0 Å². The summed E-state index contributed by atoms with van der Waals surface area (Å²) in [5, 5.41) is 10.4. The molecule has 0 radical (unpaired) electrons. The fraction of sp³-hybridized carbons (Fsp3) is 0.192. The molecule has 2 N–H and O–H groups in total. The molecule has 0 saturated carbocycles. The maximum Gasteiger partial charge on any atom is 0.307 e. The predicted octanol–water partition coefficient (Wildman–Crippen LogP) is 5.75. The van der Waals surface area contributed by atoms with Crippen molar-refractivity contribution >= 4 is 16.9 Å². The summed E-state index contributed by atoms with van der Waals surface area (Å²) in [6.07, 6.45) is -0.0605. The van der Waals surface area contributed by atoms with E-state index in [0.717, 1.165) is 38.9 Å². The minimum absolute atomic E-state index is 0.0605. The van der Waals surface area contributed by atoms with Crippen molar-refractivity contribution in [2.24, 2.45) is 0 Å². The standard InChI is InChI=1S/C26H25NO4/c1-3-30-24-14-19(10-12-23(24)31-16-18-7-5-4-6-8-18)26-21(15-25(28)29)20-13-17(2)9-11-22(20)27-26/h4-14,27H,3,15-16H2,1-2H3,(H,28,29). The average molecular weight is 415 g/mol. The summed E-state index contributed by atoms with van der Waals surface area (Å²) in [6.45, 7) is 4.87. The number of H-pyrrole nitrogens is 1. The number of ether oxygens (including phenoxy) is 2. The van der Waals surface area contributed by atoms with Crippen molar-refractivity contribution in [1.29, 1.82) is 0 Å². The van der Waals surface area contributed by atoms with Crippen LogP contribution < -0.4 is 9.47 Å². The molecule has 0 bridgehead atoms. The molecule has 4 rings (SSSR count). The molecule has 1 heterocycles. The van der Waals surface area contributed by atoms with E-state index >= 15 is 0 Å². The lowest BCUT2D eigenvalue weighted by atomic mass is 10.0. The van der Waals surface area contributed by atoms with Crippen LogP contribution in [0.3, 0.4) is 0 Å². The molecule has 0 aliphatic rings. The van der Waals surface area contributed by atoms with Crippen molar-refractivity contribution in [2.75, 3.05) is 6.61 Å². The molecule has 31 heavy (non-hydrogen) atoms. The summed E-state index contributed by atoms with van der Waals surface area (Å²) in [7, 11) is 0. The lowest BCUT2D eigenvalue weighted by Gasteiger charge is -2.14. The van der Waals surface area contributed by atoms with E-state index in [2.05, 4.69) is 4.98 Å². The van der Waals surface area contributed by atoms with Gasteiger partial charge in [0, 0.05) is 16.5 Å². The largest absolute Gasteiger partial charge is 0.490 e. The molecule has 0 saturated heterocycles. The van der Waals surface area contributed by atoms with Crippen LogP contribution in [0, 0.1) is 6.92 Å². The third-order valence-electron chi connectivity index (χ3n) is 5.16. The zero-order chi connectivity index (χ0) is 21.8. The molecule has 5 nitrogen and oxygen atoms in total. The molecular weight excluding hydrogens is 390 g/mol. The quantitative estimate of drug-likeness (QED) is 0.384. The van der Waals surface area contributed by atoms with Crippen LogP contribution in [-0.4, -0.2) is 22.7 Å². The van der Waals surface area contributed by atoms with Crippen molar-refractivity contribution in [3.8, 4) is 22.8 Å². The van der Waals surface area contributed by atoms with Gasteiger partial charge in [0.15, 0.2) is 11.5 Å². The third kappa shape index (κ3) is 4.56. The molecule has 0 aliphatic heterocycles. The number of carboxylic acid groups (broad SMARTS) is 1. The number of fused-ring (bicyclic) bond motifs is 1. The molecule has 158 valence electrons. The van der Waals surface area contributed by atoms with Crippen molar-refractivity contribution in [1.82, 2.24) is 4.98 Å². The highest BCUT2D eigenvalue weighted by atomic mass is 16.5. The number of hydrogen-bond acceptors (Lipinski definition) is 3. The minimum atomic E-state index is -0.864. The molecule has 0 aliphatic carbocycles. The first-order chi connectivity index (χ1) is 15.0. The Bertz CT molecular complexity index is 1210. The number of nitrogens with one attached hydrogen (secondary N) is 1. The first kappa shape index (κ1) is 20.5. The topological polar surface area (TPSA) is 71.6 Å². The lowest BCUT2D eigenvalue weighted by molar-refractivity contribution is -0.136. The highest BCUT2D eigenvalue weighted by molar-refractivity contribution is 5.94. The molecule has 0 atom stereocenters. The monoisotopic (exact) mass is 415 g/mol. The lowest BCUT2D eigenvalue weighted by Crippen LogP contribution is -2.02. The summed E-state index contributed by atoms with van der Waals surface area (Å²) < 4.78 is 11.9. The van der Waals surface area contributed by atoms with Gasteiger partial charge >= 0.3 is 5.97 Å². The number of aliphatic carboxylic acids is 1. The fourth-order valence-corrected chi connectivity index (χ4v) is 3.73. The molecule has 0 fully saturated rings. The number of rotatable bonds is 8. The maximum atomic E-state index is 11.6. The zero-order valence-corrected chi connectivity index (χ0v) is 17.6. The summed E-state index contributed by atoms with van der Waals surface area (Å²) in [4.78, 5) is 15.0. The Morgan fingerprint density at radius 2 is 1.77 bits per heavy atom. The van der Waals surface area contributed by atoms with E-state index in [9.17, 15) is 9.90 Å². The fourth-order valence-electron chi connectivity index (χ4n) is 3.73. The van der Waals surface area contributed by atoms with Crippen LogP contribution in [0.5, 0.6) is 11.5 Å². The second kappa shape index (κ2) is 8.96. The molecular formula is C26H25NO4. The van der Waals surface area contributed by atoms with Gasteiger partial charge in [0.05, 0.1) is 18.7 Å². The molecule has 4 aromatic rings. The number of carbonyl (C=O) groups is 1. The van der Waals surface area contributed by atoms with E-state index in [1.165, 1.54) is 0 Å². The second-order valence-corrected chi connectivity index (χ2v) is 7.47. The maximum absolute atomic E-state index is 11.6. The average Bonchev–Trinajstić information content (AvgIpc) is 3.11. The first-order valence-corrected chi connectivity index (χ1v) is 10.3. The van der Waals surface area contributed by atoms with E-state index in [4.69, 9.17) is 9.47 Å². The van der Waals surface area contributed by atoms with E-state index in [0.29, 0.717) is 24.7 Å². The Kier molecular flexibility index (Phi) is 5.94. The summed E-state index contributed by atoms with van der Waals surface area (Å²) in [5.41, 5.74) is 5.50. The van der Waals surface area contributed by atoms with Crippen LogP contribution in [0.25, 0.3) is 22.2 Å². The van der Waals surface area contributed by atoms with Gasteiger partial charge in [0.25, 0.3) is 0 Å². The van der Waals surface area contributed by atoms with Crippen molar-refractivity contribution in [3.63, 3.8) is 0 Å². The summed E-state index contributed by atoms with van der Waals surface area (Å²) in [6, 6.07) is 21.7. The molecule has 5 heteroatoms. The van der Waals surface area contributed by atoms with Crippen LogP contribution in [0.2, 0.25) is 0 Å². The Morgan fingerprint density at radius 3 is 2.52 bits per heavy atom. The van der Waals surface area contributed by atoms with Crippen molar-refractivity contribution < 1.29 is 19.4 Å². The minimum Gasteiger partial charge on any atom is -0.490 e. The van der Waals surface area contributed by atoms with Gasteiger partial charge < -0.3 is 19.6 Å². The molecule has 0 unspecified atom stereocenters. The van der Waals surface area contributed by atoms with Gasteiger partial charge in [-0.3, -0.25) is 4.79 Å². The second-order valence-electron chi connectivity index (χ2n) is 7.47. The van der Waals surface area contributed by atoms with Gasteiger partial charge in [0.2, 0.25) is 0 Å². The number of hydrogen-bond donors (Lipinski definition) is 2. The predicted molar refractivity (Wildman–Crippen MR) is 122 cm³/mol. The van der Waals surface area contributed by atoms with Crippen LogP contribution >= 0.6 is 0 Å². The Balaban J connectivity index is 1.73. The van der Waals surface area contributed by atoms with Crippen molar-refractivity contribution in [3.05, 3.63) is 83.4 Å². The van der Waals surface area contributed by atoms with Gasteiger partial charge in [-0.15, -0.1) is 0 Å². The highest BCUT2D eigenvalue weighted by Crippen LogP contribution is 2.37. The van der Waals surface area contributed by atoms with Gasteiger partial charge in [-0.1, -0.05) is 42.0 Å². The molecule has 1 aromatic heterocycles. The SMILES string of the molecule is CCOc1cc(-c2[nH]c3ccc(C)cc3c2CC(=O)O)ccc1OCc1ccccc1. The number of carboxylic acids is 1. The highest BCUT2D eigenvalue weighted by Gasteiger charge is 2.18. The third-order valence-corrected chi connectivity index (χ3v) is 5.16. The Hall–Kier alpha value is -3.73. The molecule has 0 amide bonds. The first-order valence-electron chi connectivity index (χ1n) is 10.3. The Morgan fingerprint density at radius 1 is 0.968 bits per heavy atom. The van der Waals surface area contributed by atoms with E-state index in [1.807, 2.05) is 80.6 Å². The van der Waals surface area contributed by atoms with Crippen LogP contribution in [0.1, 0.15) is 23.6 Å². The van der Waals surface area contributed by atoms with E-state index in [-0.39, 0.29) is 6.42 Å². The van der Waals surface area contributed by atoms with Crippen molar-refractivity contribution in [2.45, 2.75) is 26.9 Å². The summed E-state index contributed by atoms with van der Waals surface area (Å²) >= 11 is 0.